The number of pyridine rings is 2. The Bertz CT molecular complexity index is 2080. The van der Waals surface area contributed by atoms with Crippen molar-refractivity contribution in [2.75, 3.05) is 43.0 Å². The van der Waals surface area contributed by atoms with Crippen LogP contribution in [0.5, 0.6) is 0 Å². The zero-order valence-electron chi connectivity index (χ0n) is 31.1. The van der Waals surface area contributed by atoms with E-state index in [2.05, 4.69) is 66.0 Å². The standard InChI is InChI=1S/C41H49FN8O3/c1-25(2)49-24-44-33-21-32(46-37(36(33)49)45-31-8-13-43-22-30(31)42)26-6-7-29-34(18-26)50(28-19-27(20-28)48-14-5-10-40(3,4)23-48)39(52)41(29)11-15-47(16-12-41)38(51)35-9-17-53-35/h6-8,13,18,21-22,24-25,27-28,35H,5,9-12,14-17,19-20,23H2,1-4H3,(H,43,45,46)/t27-,28+,35?. The number of ether oxygens (including phenoxy) is 1. The average Bonchev–Trinajstić information content (AvgIpc) is 3.62. The van der Waals surface area contributed by atoms with Gasteiger partial charge in [-0.3, -0.25) is 19.5 Å². The van der Waals surface area contributed by atoms with Gasteiger partial charge in [0.2, 0.25) is 5.91 Å². The van der Waals surface area contributed by atoms with Gasteiger partial charge in [-0.25, -0.2) is 14.4 Å². The van der Waals surface area contributed by atoms with E-state index in [1.807, 2.05) is 15.5 Å². The van der Waals surface area contributed by atoms with Gasteiger partial charge in [0.1, 0.15) is 11.6 Å². The van der Waals surface area contributed by atoms with Gasteiger partial charge < -0.3 is 24.4 Å². The number of imidazole rings is 1. The summed E-state index contributed by atoms with van der Waals surface area (Å²) in [7, 11) is 0. The molecule has 4 aliphatic heterocycles. The molecule has 53 heavy (non-hydrogen) atoms. The Morgan fingerprint density at radius 1 is 1.06 bits per heavy atom. The molecular formula is C41H49FN8O3. The SMILES string of the molecule is CC(C)n1cnc2cc(-c3ccc4c(c3)N([C@H]3C[C@@H](N5CCCC(C)(C)C5)C3)C(=O)C43CCN(C(=O)C4CCO4)CC3)nc(Nc3ccncc3F)c21. The van der Waals surface area contributed by atoms with Crippen molar-refractivity contribution in [2.24, 2.45) is 5.41 Å². The fourth-order valence-electron chi connectivity index (χ4n) is 9.48. The minimum atomic E-state index is -0.678. The third kappa shape index (κ3) is 5.80. The van der Waals surface area contributed by atoms with E-state index >= 15 is 0 Å². The second kappa shape index (κ2) is 12.9. The molecule has 3 saturated heterocycles. The summed E-state index contributed by atoms with van der Waals surface area (Å²) in [5.41, 5.74) is 4.97. The van der Waals surface area contributed by atoms with Crippen molar-refractivity contribution in [3.8, 4) is 11.3 Å². The molecule has 1 N–H and O–H groups in total. The number of benzene rings is 1. The van der Waals surface area contributed by atoms with Crippen LogP contribution in [0.1, 0.15) is 84.2 Å². The van der Waals surface area contributed by atoms with Crippen LogP contribution in [0.15, 0.2) is 49.1 Å². The Morgan fingerprint density at radius 2 is 1.85 bits per heavy atom. The number of carbonyl (C=O) groups is 2. The monoisotopic (exact) mass is 720 g/mol. The second-order valence-electron chi connectivity index (χ2n) is 16.9. The highest BCUT2D eigenvalue weighted by Gasteiger charge is 2.56. The van der Waals surface area contributed by atoms with E-state index in [1.165, 1.54) is 19.0 Å². The smallest absolute Gasteiger partial charge is 0.251 e. The summed E-state index contributed by atoms with van der Waals surface area (Å²) in [5.74, 6) is 0.235. The number of amides is 2. The molecule has 0 radical (unpaired) electrons. The molecule has 9 rings (SSSR count). The van der Waals surface area contributed by atoms with Gasteiger partial charge in [-0.05, 0) is 88.1 Å². The van der Waals surface area contributed by atoms with Crippen LogP contribution in [0, 0.1) is 11.2 Å². The van der Waals surface area contributed by atoms with Crippen LogP contribution < -0.4 is 10.2 Å². The first-order valence-electron chi connectivity index (χ1n) is 19.4. The van der Waals surface area contributed by atoms with Gasteiger partial charge in [0.25, 0.3) is 5.91 Å². The van der Waals surface area contributed by atoms with E-state index < -0.39 is 11.2 Å². The van der Waals surface area contributed by atoms with Gasteiger partial charge in [-0.15, -0.1) is 0 Å². The van der Waals surface area contributed by atoms with Crippen molar-refractivity contribution in [1.82, 2.24) is 29.3 Å². The van der Waals surface area contributed by atoms with Gasteiger partial charge in [-0.2, -0.15) is 0 Å². The second-order valence-corrected chi connectivity index (χ2v) is 16.9. The lowest BCUT2D eigenvalue weighted by molar-refractivity contribution is -0.158. The van der Waals surface area contributed by atoms with Gasteiger partial charge in [-0.1, -0.05) is 26.0 Å². The van der Waals surface area contributed by atoms with Crippen molar-refractivity contribution < 1.29 is 18.7 Å². The fourth-order valence-corrected chi connectivity index (χ4v) is 9.48. The summed E-state index contributed by atoms with van der Waals surface area (Å²) in [5, 5.41) is 3.23. The van der Waals surface area contributed by atoms with Crippen LogP contribution in [-0.4, -0.2) is 92.1 Å². The van der Waals surface area contributed by atoms with E-state index in [4.69, 9.17) is 14.7 Å². The highest BCUT2D eigenvalue weighted by atomic mass is 19.1. The summed E-state index contributed by atoms with van der Waals surface area (Å²) < 4.78 is 22.4. The molecule has 1 atom stereocenters. The molecule has 4 aromatic rings. The van der Waals surface area contributed by atoms with Crippen LogP contribution in [0.25, 0.3) is 22.3 Å². The quantitative estimate of drug-likeness (QED) is 0.228. The van der Waals surface area contributed by atoms with E-state index in [0.29, 0.717) is 55.5 Å². The predicted octanol–water partition coefficient (Wildman–Crippen LogP) is 6.61. The number of hydrogen-bond donors (Lipinski definition) is 1. The van der Waals surface area contributed by atoms with Gasteiger partial charge in [0.05, 0.1) is 41.4 Å². The maximum absolute atomic E-state index is 14.9. The van der Waals surface area contributed by atoms with Crippen molar-refractivity contribution >= 4 is 40.0 Å². The Morgan fingerprint density at radius 3 is 2.55 bits per heavy atom. The molecule has 2 amide bonds. The van der Waals surface area contributed by atoms with E-state index in [1.54, 1.807) is 18.6 Å². The summed E-state index contributed by atoms with van der Waals surface area (Å²) >= 11 is 0. The lowest BCUT2D eigenvalue weighted by Crippen LogP contribution is -2.60. The minimum absolute atomic E-state index is 0.0488. The van der Waals surface area contributed by atoms with E-state index in [9.17, 15) is 14.0 Å². The first kappa shape index (κ1) is 34.4. The minimum Gasteiger partial charge on any atom is -0.368 e. The Hall–Kier alpha value is -4.42. The first-order valence-corrected chi connectivity index (χ1v) is 19.4. The molecule has 278 valence electrons. The van der Waals surface area contributed by atoms with Crippen molar-refractivity contribution in [1.29, 1.82) is 0 Å². The number of hydrogen-bond acceptors (Lipinski definition) is 8. The van der Waals surface area contributed by atoms with Crippen LogP contribution in [0.3, 0.4) is 0 Å². The molecule has 7 heterocycles. The topological polar surface area (TPSA) is 109 Å². The number of halogens is 1. The molecule has 4 fully saturated rings. The molecule has 1 aromatic carbocycles. The number of carbonyl (C=O) groups excluding carboxylic acids is 2. The maximum atomic E-state index is 14.9. The first-order chi connectivity index (χ1) is 25.5. The number of rotatable bonds is 7. The largest absolute Gasteiger partial charge is 0.368 e. The Labute approximate surface area is 309 Å². The van der Waals surface area contributed by atoms with Gasteiger partial charge >= 0.3 is 0 Å². The number of anilines is 3. The van der Waals surface area contributed by atoms with Crippen molar-refractivity contribution in [3.05, 3.63) is 60.4 Å². The third-order valence-corrected chi connectivity index (χ3v) is 12.6. The maximum Gasteiger partial charge on any atom is 0.251 e. The zero-order chi connectivity index (χ0) is 36.6. The number of likely N-dealkylation sites (tertiary alicyclic amines) is 2. The van der Waals surface area contributed by atoms with Crippen LogP contribution in [0.4, 0.5) is 21.6 Å². The number of nitrogens with zero attached hydrogens (tertiary/aromatic N) is 7. The molecule has 1 unspecified atom stereocenters. The normalized spacial score (nSPS) is 25.1. The Balaban J connectivity index is 1.08. The van der Waals surface area contributed by atoms with E-state index in [-0.39, 0.29) is 35.7 Å². The molecule has 3 aromatic heterocycles. The molecule has 1 spiro atoms. The van der Waals surface area contributed by atoms with Gasteiger partial charge in [0.15, 0.2) is 11.6 Å². The lowest BCUT2D eigenvalue weighted by atomic mass is 9.73. The lowest BCUT2D eigenvalue weighted by Gasteiger charge is -2.51. The zero-order valence-corrected chi connectivity index (χ0v) is 31.1. The summed E-state index contributed by atoms with van der Waals surface area (Å²) in [6, 6.07) is 10.6. The van der Waals surface area contributed by atoms with Gasteiger partial charge in [0, 0.05) is 61.6 Å². The third-order valence-electron chi connectivity index (χ3n) is 12.6. The number of fused-ring (bicyclic) bond motifs is 3. The number of piperidine rings is 2. The summed E-state index contributed by atoms with van der Waals surface area (Å²) in [4.78, 5) is 48.4. The van der Waals surface area contributed by atoms with Crippen molar-refractivity contribution in [2.45, 2.75) is 102 Å². The highest BCUT2D eigenvalue weighted by molar-refractivity contribution is 6.09. The molecule has 1 aliphatic carbocycles. The molecule has 1 saturated carbocycles. The summed E-state index contributed by atoms with van der Waals surface area (Å²) in [6.07, 6.45) is 10.5. The molecule has 12 heteroatoms. The average molecular weight is 721 g/mol. The predicted molar refractivity (Wildman–Crippen MR) is 202 cm³/mol. The fraction of sp³-hybridized carbons (Fsp3) is 0.537. The highest BCUT2D eigenvalue weighted by Crippen LogP contribution is 2.52. The molecule has 5 aliphatic rings. The molecular weight excluding hydrogens is 672 g/mol. The van der Waals surface area contributed by atoms with Crippen LogP contribution in [-0.2, 0) is 19.7 Å². The number of aromatic nitrogens is 4. The Kier molecular flexibility index (Phi) is 8.34. The van der Waals surface area contributed by atoms with E-state index in [0.717, 1.165) is 60.2 Å². The molecule has 11 nitrogen and oxygen atoms in total. The summed E-state index contributed by atoms with van der Waals surface area (Å²) in [6.45, 7) is 12.8. The van der Waals surface area contributed by atoms with Crippen LogP contribution in [0.2, 0.25) is 0 Å². The van der Waals surface area contributed by atoms with Crippen molar-refractivity contribution in [3.63, 3.8) is 0 Å². The number of nitrogens with one attached hydrogen (secondary N) is 1. The van der Waals surface area contributed by atoms with Crippen LogP contribution >= 0.6 is 0 Å². The molecule has 0 bridgehead atoms.